The first kappa shape index (κ1) is 18.2. The Morgan fingerprint density at radius 3 is 2.88 bits per heavy atom. The quantitative estimate of drug-likeness (QED) is 0.777. The number of carbonyl (C=O) groups excluding carboxylic acids is 3. The first-order valence-corrected chi connectivity index (χ1v) is 8.99. The lowest BCUT2D eigenvalue weighted by Gasteiger charge is -2.17. The molecule has 0 radical (unpaired) electrons. The number of ether oxygens (including phenoxy) is 1. The van der Waals surface area contributed by atoms with E-state index in [0.717, 1.165) is 4.90 Å². The average Bonchev–Trinajstić information content (AvgIpc) is 2.62. The maximum atomic E-state index is 12.3. The van der Waals surface area contributed by atoms with E-state index in [4.69, 9.17) is 16.3 Å². The zero-order valence-electron chi connectivity index (χ0n) is 13.6. The van der Waals surface area contributed by atoms with Gasteiger partial charge in [0.05, 0.1) is 22.0 Å². The Kier molecular flexibility index (Phi) is 5.43. The van der Waals surface area contributed by atoms with E-state index in [1.807, 2.05) is 0 Å². The number of aromatic nitrogens is 1. The highest BCUT2D eigenvalue weighted by atomic mass is 35.5. The number of benzene rings is 1. The molecule has 134 valence electrons. The minimum Gasteiger partial charge on any atom is -0.449 e. The van der Waals surface area contributed by atoms with Crippen LogP contribution in [-0.2, 0) is 14.3 Å². The Labute approximate surface area is 158 Å². The van der Waals surface area contributed by atoms with Crippen LogP contribution in [0.25, 0.3) is 0 Å². The van der Waals surface area contributed by atoms with Crippen LogP contribution < -0.4 is 10.6 Å². The fourth-order valence-electron chi connectivity index (χ4n) is 2.17. The molecule has 1 aromatic heterocycles. The number of halogens is 1. The number of anilines is 2. The highest BCUT2D eigenvalue weighted by Gasteiger charge is 2.22. The molecule has 2 amide bonds. The van der Waals surface area contributed by atoms with E-state index >= 15 is 0 Å². The van der Waals surface area contributed by atoms with Gasteiger partial charge in [-0.25, -0.2) is 9.78 Å². The molecule has 0 aliphatic carbocycles. The Balaban J connectivity index is 1.63. The topological polar surface area (TPSA) is 97.4 Å². The van der Waals surface area contributed by atoms with E-state index in [0.29, 0.717) is 22.3 Å². The average molecular weight is 392 g/mol. The summed E-state index contributed by atoms with van der Waals surface area (Å²) >= 11 is 7.13. The lowest BCUT2D eigenvalue weighted by Crippen LogP contribution is -2.30. The third-order valence-corrected chi connectivity index (χ3v) is 4.78. The van der Waals surface area contributed by atoms with Gasteiger partial charge < -0.3 is 15.4 Å². The van der Waals surface area contributed by atoms with E-state index in [-0.39, 0.29) is 11.5 Å². The SMILES string of the molecule is C[C@@H](OC(=O)c1ccc2c(c1)NC(=O)CS2)C(=O)Nc1ccc(Cl)cn1. The second-order valence-corrected chi connectivity index (χ2v) is 6.90. The number of rotatable bonds is 4. The van der Waals surface area contributed by atoms with Crippen LogP contribution in [0.3, 0.4) is 0 Å². The van der Waals surface area contributed by atoms with Crippen LogP contribution in [0.15, 0.2) is 41.4 Å². The molecule has 0 unspecified atom stereocenters. The second-order valence-electron chi connectivity index (χ2n) is 5.45. The Hall–Kier alpha value is -2.58. The summed E-state index contributed by atoms with van der Waals surface area (Å²) in [6, 6.07) is 7.99. The van der Waals surface area contributed by atoms with Gasteiger partial charge in [0.25, 0.3) is 5.91 Å². The standard InChI is InChI=1S/C17H14ClN3O4S/c1-9(16(23)21-14-5-3-11(18)7-19-14)25-17(24)10-2-4-13-12(6-10)20-15(22)8-26-13/h2-7,9H,8H2,1H3,(H,20,22)(H,19,21,23)/t9-/m1/s1. The van der Waals surface area contributed by atoms with Crippen LogP contribution >= 0.6 is 23.4 Å². The third-order valence-electron chi connectivity index (χ3n) is 3.48. The summed E-state index contributed by atoms with van der Waals surface area (Å²) in [5.74, 6) is -0.668. The van der Waals surface area contributed by atoms with Crippen molar-refractivity contribution >= 4 is 52.7 Å². The minimum atomic E-state index is -1.03. The van der Waals surface area contributed by atoms with Crippen molar-refractivity contribution in [3.63, 3.8) is 0 Å². The Bertz CT molecular complexity index is 873. The van der Waals surface area contributed by atoms with Crippen molar-refractivity contribution in [1.82, 2.24) is 4.98 Å². The molecule has 1 aliphatic rings. The van der Waals surface area contributed by atoms with Crippen molar-refractivity contribution in [3.8, 4) is 0 Å². The van der Waals surface area contributed by atoms with Gasteiger partial charge in [0.2, 0.25) is 5.91 Å². The molecule has 2 N–H and O–H groups in total. The molecule has 0 spiro atoms. The largest absolute Gasteiger partial charge is 0.449 e. The van der Waals surface area contributed by atoms with Crippen LogP contribution in [0, 0.1) is 0 Å². The van der Waals surface area contributed by atoms with E-state index in [2.05, 4.69) is 15.6 Å². The lowest BCUT2D eigenvalue weighted by atomic mass is 10.2. The van der Waals surface area contributed by atoms with Gasteiger partial charge in [-0.05, 0) is 37.3 Å². The first-order valence-electron chi connectivity index (χ1n) is 7.62. The number of fused-ring (bicyclic) bond motifs is 1. The summed E-state index contributed by atoms with van der Waals surface area (Å²) in [5, 5.41) is 5.68. The number of nitrogens with one attached hydrogen (secondary N) is 2. The monoisotopic (exact) mass is 391 g/mol. The molecular formula is C17H14ClN3O4S. The summed E-state index contributed by atoms with van der Waals surface area (Å²) in [4.78, 5) is 40.7. The Morgan fingerprint density at radius 2 is 2.15 bits per heavy atom. The van der Waals surface area contributed by atoms with Gasteiger partial charge in [0, 0.05) is 11.1 Å². The maximum absolute atomic E-state index is 12.3. The predicted octanol–water partition coefficient (Wildman–Crippen LogP) is 2.96. The number of amides is 2. The first-order chi connectivity index (χ1) is 12.4. The highest BCUT2D eigenvalue weighted by Crippen LogP contribution is 2.32. The number of pyridine rings is 1. The van der Waals surface area contributed by atoms with Crippen LogP contribution in [0.2, 0.25) is 5.02 Å². The van der Waals surface area contributed by atoms with Crippen LogP contribution in [0.1, 0.15) is 17.3 Å². The van der Waals surface area contributed by atoms with Gasteiger partial charge in [-0.2, -0.15) is 0 Å². The van der Waals surface area contributed by atoms with E-state index in [1.165, 1.54) is 30.9 Å². The molecule has 0 saturated carbocycles. The van der Waals surface area contributed by atoms with Gasteiger partial charge in [0.1, 0.15) is 5.82 Å². The minimum absolute atomic E-state index is 0.128. The highest BCUT2D eigenvalue weighted by molar-refractivity contribution is 8.00. The molecule has 7 nitrogen and oxygen atoms in total. The van der Waals surface area contributed by atoms with Crippen molar-refractivity contribution in [2.75, 3.05) is 16.4 Å². The zero-order chi connectivity index (χ0) is 18.7. The number of carbonyl (C=O) groups is 3. The zero-order valence-corrected chi connectivity index (χ0v) is 15.2. The summed E-state index contributed by atoms with van der Waals surface area (Å²) in [7, 11) is 0. The second kappa shape index (κ2) is 7.76. The molecule has 1 atom stereocenters. The van der Waals surface area contributed by atoms with Gasteiger partial charge in [0.15, 0.2) is 6.10 Å². The maximum Gasteiger partial charge on any atom is 0.338 e. The molecule has 26 heavy (non-hydrogen) atoms. The number of esters is 1. The van der Waals surface area contributed by atoms with Gasteiger partial charge in [-0.3, -0.25) is 9.59 Å². The van der Waals surface area contributed by atoms with Gasteiger partial charge >= 0.3 is 5.97 Å². The summed E-state index contributed by atoms with van der Waals surface area (Å²) in [5.41, 5.74) is 0.805. The van der Waals surface area contributed by atoms with Crippen molar-refractivity contribution < 1.29 is 19.1 Å². The normalized spacial score (nSPS) is 14.0. The molecule has 1 aromatic carbocycles. The van der Waals surface area contributed by atoms with Crippen LogP contribution in [0.5, 0.6) is 0 Å². The van der Waals surface area contributed by atoms with E-state index in [1.54, 1.807) is 24.3 Å². The number of hydrogen-bond acceptors (Lipinski definition) is 6. The number of hydrogen-bond donors (Lipinski definition) is 2. The van der Waals surface area contributed by atoms with Crippen LogP contribution in [-0.4, -0.2) is 34.6 Å². The lowest BCUT2D eigenvalue weighted by molar-refractivity contribution is -0.123. The molecule has 2 aromatic rings. The van der Waals surface area contributed by atoms with Crippen molar-refractivity contribution in [2.24, 2.45) is 0 Å². The third kappa shape index (κ3) is 4.33. The molecule has 0 saturated heterocycles. The molecule has 0 fully saturated rings. The molecule has 9 heteroatoms. The number of thioether (sulfide) groups is 1. The summed E-state index contributed by atoms with van der Waals surface area (Å²) in [6.07, 6.45) is 0.368. The smallest absolute Gasteiger partial charge is 0.338 e. The van der Waals surface area contributed by atoms with Gasteiger partial charge in [-0.15, -0.1) is 11.8 Å². The van der Waals surface area contributed by atoms with E-state index in [9.17, 15) is 14.4 Å². The van der Waals surface area contributed by atoms with E-state index < -0.39 is 18.0 Å². The fourth-order valence-corrected chi connectivity index (χ4v) is 3.07. The Morgan fingerprint density at radius 1 is 1.35 bits per heavy atom. The predicted molar refractivity (Wildman–Crippen MR) is 98.5 cm³/mol. The molecule has 3 rings (SSSR count). The van der Waals surface area contributed by atoms with Crippen molar-refractivity contribution in [2.45, 2.75) is 17.9 Å². The van der Waals surface area contributed by atoms with Crippen molar-refractivity contribution in [1.29, 1.82) is 0 Å². The van der Waals surface area contributed by atoms with Crippen molar-refractivity contribution in [3.05, 3.63) is 47.1 Å². The summed E-state index contributed by atoms with van der Waals surface area (Å²) < 4.78 is 5.19. The van der Waals surface area contributed by atoms with Gasteiger partial charge in [-0.1, -0.05) is 11.6 Å². The molecule has 2 heterocycles. The number of nitrogens with zero attached hydrogens (tertiary/aromatic N) is 1. The summed E-state index contributed by atoms with van der Waals surface area (Å²) in [6.45, 7) is 1.46. The molecular weight excluding hydrogens is 378 g/mol. The fraction of sp³-hybridized carbons (Fsp3) is 0.176. The van der Waals surface area contributed by atoms with Crippen LogP contribution in [0.4, 0.5) is 11.5 Å². The molecule has 1 aliphatic heterocycles. The molecule has 0 bridgehead atoms.